The second-order valence-corrected chi connectivity index (χ2v) is 3.49. The highest BCUT2D eigenvalue weighted by atomic mass is 16.1. The van der Waals surface area contributed by atoms with Crippen molar-refractivity contribution < 1.29 is 9.59 Å². The molecule has 0 aliphatic rings. The van der Waals surface area contributed by atoms with Crippen LogP contribution in [0.2, 0.25) is 0 Å². The first-order chi connectivity index (χ1) is 6.35. The van der Waals surface area contributed by atoms with Gasteiger partial charge in [-0.3, -0.25) is 0 Å². The van der Waals surface area contributed by atoms with Crippen molar-refractivity contribution in [3.05, 3.63) is 0 Å². The summed E-state index contributed by atoms with van der Waals surface area (Å²) < 4.78 is 0. The van der Waals surface area contributed by atoms with E-state index in [9.17, 15) is 9.59 Å². The Labute approximate surface area is 80.7 Å². The van der Waals surface area contributed by atoms with Crippen molar-refractivity contribution in [1.82, 2.24) is 0 Å². The highest BCUT2D eigenvalue weighted by Gasteiger charge is 2.03. The highest BCUT2D eigenvalue weighted by Crippen LogP contribution is 2.09. The smallest absolute Gasteiger partial charge is 0.130 e. The summed E-state index contributed by atoms with van der Waals surface area (Å²) in [4.78, 5) is 20.5. The molecule has 0 bridgehead atoms. The Hall–Kier alpha value is -0.660. The van der Waals surface area contributed by atoms with Gasteiger partial charge in [0.1, 0.15) is 12.6 Å². The SMILES string of the molecule is CCCCCCCCC(C=O)C=O. The van der Waals surface area contributed by atoms with E-state index in [0.717, 1.165) is 31.8 Å². The van der Waals surface area contributed by atoms with Gasteiger partial charge in [0, 0.05) is 0 Å². The number of hydrogen-bond donors (Lipinski definition) is 0. The molecule has 2 heteroatoms. The molecule has 0 amide bonds. The van der Waals surface area contributed by atoms with Crippen LogP contribution in [-0.4, -0.2) is 12.6 Å². The van der Waals surface area contributed by atoms with E-state index < -0.39 is 0 Å². The lowest BCUT2D eigenvalue weighted by molar-refractivity contribution is -0.119. The van der Waals surface area contributed by atoms with Crippen molar-refractivity contribution in [2.45, 2.75) is 51.9 Å². The molecule has 0 saturated carbocycles. The van der Waals surface area contributed by atoms with Crippen LogP contribution in [0.15, 0.2) is 0 Å². The molecule has 0 aliphatic carbocycles. The number of rotatable bonds is 9. The van der Waals surface area contributed by atoms with Crippen LogP contribution in [-0.2, 0) is 9.59 Å². The molecule has 0 aromatic heterocycles. The third kappa shape index (κ3) is 7.69. The Morgan fingerprint density at radius 2 is 1.46 bits per heavy atom. The highest BCUT2D eigenvalue weighted by molar-refractivity contribution is 5.77. The van der Waals surface area contributed by atoms with Gasteiger partial charge in [0.2, 0.25) is 0 Å². The molecule has 0 aliphatic heterocycles. The molecule has 0 spiro atoms. The van der Waals surface area contributed by atoms with Crippen LogP contribution in [0.5, 0.6) is 0 Å². The summed E-state index contributed by atoms with van der Waals surface area (Å²) in [7, 11) is 0. The zero-order valence-corrected chi connectivity index (χ0v) is 8.50. The Morgan fingerprint density at radius 1 is 0.923 bits per heavy atom. The molecule has 13 heavy (non-hydrogen) atoms. The summed E-state index contributed by atoms with van der Waals surface area (Å²) in [5.41, 5.74) is 0. The van der Waals surface area contributed by atoms with Gasteiger partial charge in [-0.1, -0.05) is 45.4 Å². The fraction of sp³-hybridized carbons (Fsp3) is 0.818. The first-order valence-corrected chi connectivity index (χ1v) is 5.25. The van der Waals surface area contributed by atoms with Crippen molar-refractivity contribution in [2.75, 3.05) is 0 Å². The predicted molar refractivity (Wildman–Crippen MR) is 53.6 cm³/mol. The summed E-state index contributed by atoms with van der Waals surface area (Å²) in [5.74, 6) is -0.355. The quantitative estimate of drug-likeness (QED) is 0.314. The zero-order valence-electron chi connectivity index (χ0n) is 8.50. The van der Waals surface area contributed by atoms with E-state index in [-0.39, 0.29) is 5.92 Å². The first-order valence-electron chi connectivity index (χ1n) is 5.25. The zero-order chi connectivity index (χ0) is 9.94. The van der Waals surface area contributed by atoms with Crippen LogP contribution in [0.25, 0.3) is 0 Å². The molecular weight excluding hydrogens is 164 g/mol. The predicted octanol–water partition coefficient (Wildman–Crippen LogP) is 2.75. The molecular formula is C11H20O2. The molecule has 0 aromatic carbocycles. The van der Waals surface area contributed by atoms with Gasteiger partial charge in [0.05, 0.1) is 5.92 Å². The van der Waals surface area contributed by atoms with Crippen LogP contribution in [0.3, 0.4) is 0 Å². The van der Waals surface area contributed by atoms with Crippen molar-refractivity contribution >= 4 is 12.6 Å². The third-order valence-electron chi connectivity index (χ3n) is 2.24. The largest absolute Gasteiger partial charge is 0.303 e. The van der Waals surface area contributed by atoms with E-state index >= 15 is 0 Å². The van der Waals surface area contributed by atoms with Gasteiger partial charge < -0.3 is 9.59 Å². The number of carbonyl (C=O) groups excluding carboxylic acids is 2. The van der Waals surface area contributed by atoms with E-state index in [1.165, 1.54) is 25.7 Å². The molecule has 76 valence electrons. The minimum absolute atomic E-state index is 0.355. The summed E-state index contributed by atoms with van der Waals surface area (Å²) in [6.45, 7) is 2.19. The average molecular weight is 184 g/mol. The molecule has 0 rings (SSSR count). The maximum absolute atomic E-state index is 10.3. The fourth-order valence-electron chi connectivity index (χ4n) is 1.33. The van der Waals surface area contributed by atoms with E-state index in [4.69, 9.17) is 0 Å². The standard InChI is InChI=1S/C11H20O2/c1-2-3-4-5-6-7-8-11(9-12)10-13/h9-11H,2-8H2,1H3. The lowest BCUT2D eigenvalue weighted by atomic mass is 10.0. The van der Waals surface area contributed by atoms with E-state index in [1.54, 1.807) is 0 Å². The average Bonchev–Trinajstić information content (AvgIpc) is 2.17. The van der Waals surface area contributed by atoms with Crippen LogP contribution < -0.4 is 0 Å². The van der Waals surface area contributed by atoms with Gasteiger partial charge >= 0.3 is 0 Å². The monoisotopic (exact) mass is 184 g/mol. The van der Waals surface area contributed by atoms with Gasteiger partial charge in [-0.2, -0.15) is 0 Å². The van der Waals surface area contributed by atoms with E-state index in [2.05, 4.69) is 6.92 Å². The molecule has 0 heterocycles. The van der Waals surface area contributed by atoms with E-state index in [1.807, 2.05) is 0 Å². The van der Waals surface area contributed by atoms with Crippen LogP contribution in [0, 0.1) is 5.92 Å². The maximum Gasteiger partial charge on any atom is 0.130 e. The molecule has 0 fully saturated rings. The lowest BCUT2D eigenvalue weighted by Crippen LogP contribution is -2.02. The summed E-state index contributed by atoms with van der Waals surface area (Å²) in [6, 6.07) is 0. The minimum Gasteiger partial charge on any atom is -0.303 e. The summed E-state index contributed by atoms with van der Waals surface area (Å²) in [5, 5.41) is 0. The van der Waals surface area contributed by atoms with Crippen LogP contribution in [0.1, 0.15) is 51.9 Å². The summed E-state index contributed by atoms with van der Waals surface area (Å²) >= 11 is 0. The van der Waals surface area contributed by atoms with Crippen molar-refractivity contribution in [1.29, 1.82) is 0 Å². The number of hydrogen-bond acceptors (Lipinski definition) is 2. The third-order valence-corrected chi connectivity index (χ3v) is 2.24. The van der Waals surface area contributed by atoms with Crippen molar-refractivity contribution in [2.24, 2.45) is 5.92 Å². The van der Waals surface area contributed by atoms with Gasteiger partial charge in [-0.05, 0) is 6.42 Å². The molecule has 0 atom stereocenters. The number of unbranched alkanes of at least 4 members (excludes halogenated alkanes) is 5. The molecule has 2 nitrogen and oxygen atoms in total. The fourth-order valence-corrected chi connectivity index (χ4v) is 1.33. The molecule has 0 aromatic rings. The normalized spacial score (nSPS) is 10.3. The van der Waals surface area contributed by atoms with Gasteiger partial charge in [-0.25, -0.2) is 0 Å². The first kappa shape index (κ1) is 12.3. The second kappa shape index (κ2) is 9.43. The Kier molecular flexibility index (Phi) is 8.95. The van der Waals surface area contributed by atoms with Crippen LogP contribution in [0.4, 0.5) is 0 Å². The molecule has 0 unspecified atom stereocenters. The Bertz CT molecular complexity index is 124. The van der Waals surface area contributed by atoms with E-state index in [0.29, 0.717) is 0 Å². The molecule has 0 N–H and O–H groups in total. The number of carbonyl (C=O) groups is 2. The van der Waals surface area contributed by atoms with Gasteiger partial charge in [-0.15, -0.1) is 0 Å². The minimum atomic E-state index is -0.355. The van der Waals surface area contributed by atoms with Crippen LogP contribution >= 0.6 is 0 Å². The second-order valence-electron chi connectivity index (χ2n) is 3.49. The molecule has 0 saturated heterocycles. The van der Waals surface area contributed by atoms with Crippen molar-refractivity contribution in [3.8, 4) is 0 Å². The lowest BCUT2D eigenvalue weighted by Gasteiger charge is -2.01. The number of aldehydes is 2. The maximum atomic E-state index is 10.3. The van der Waals surface area contributed by atoms with Crippen molar-refractivity contribution in [3.63, 3.8) is 0 Å². The van der Waals surface area contributed by atoms with Gasteiger partial charge in [0.15, 0.2) is 0 Å². The Balaban J connectivity index is 3.14. The summed E-state index contributed by atoms with van der Waals surface area (Å²) in [6.07, 6.45) is 9.46. The van der Waals surface area contributed by atoms with Gasteiger partial charge in [0.25, 0.3) is 0 Å². The molecule has 0 radical (unpaired) electrons. The Morgan fingerprint density at radius 3 is 2.00 bits per heavy atom. The topological polar surface area (TPSA) is 34.1 Å².